The van der Waals surface area contributed by atoms with Gasteiger partial charge in [0.25, 0.3) is 5.91 Å². The number of halogens is 1. The lowest BCUT2D eigenvalue weighted by atomic mass is 10.2. The average molecular weight is 226 g/mol. The third-order valence-corrected chi connectivity index (χ3v) is 2.59. The molecule has 0 bridgehead atoms. The zero-order valence-corrected chi connectivity index (χ0v) is 8.96. The number of carbonyl (C=O) groups excluding carboxylic acids is 1. The number of carbonyl (C=O) groups is 1. The summed E-state index contributed by atoms with van der Waals surface area (Å²) in [7, 11) is 0. The number of amides is 1. The van der Waals surface area contributed by atoms with E-state index in [2.05, 4.69) is 5.32 Å². The first-order valence-electron chi connectivity index (χ1n) is 4.94. The number of rotatable bonds is 2. The Labute approximate surface area is 93.4 Å². The fraction of sp³-hybridized carbons (Fsp3) is 0.364. The first kappa shape index (κ1) is 10.5. The molecule has 3 nitrogen and oxygen atoms in total. The monoisotopic (exact) mass is 225 g/mol. The Morgan fingerprint density at radius 2 is 2.13 bits per heavy atom. The molecular weight excluding hydrogens is 214 g/mol. The van der Waals surface area contributed by atoms with E-state index in [1.165, 1.54) is 0 Å². The van der Waals surface area contributed by atoms with Gasteiger partial charge in [-0.2, -0.15) is 0 Å². The molecule has 1 aromatic carbocycles. The largest absolute Gasteiger partial charge is 0.368 e. The standard InChI is InChI=1S/C11H12ClNO2/c12-8-3-5-9(6-4-8)13-11(14)10-2-1-7-15-10/h3-6,10H,1-2,7H2,(H,13,14)/t10-/m0/s1. The van der Waals surface area contributed by atoms with E-state index in [1.807, 2.05) is 0 Å². The van der Waals surface area contributed by atoms with Crippen LogP contribution in [0.1, 0.15) is 12.8 Å². The van der Waals surface area contributed by atoms with Crippen molar-refractivity contribution < 1.29 is 9.53 Å². The smallest absolute Gasteiger partial charge is 0.253 e. The molecule has 1 saturated heterocycles. The fourth-order valence-electron chi connectivity index (χ4n) is 1.54. The molecule has 1 aliphatic rings. The van der Waals surface area contributed by atoms with Crippen LogP contribution in [0.2, 0.25) is 5.02 Å². The molecule has 1 fully saturated rings. The van der Waals surface area contributed by atoms with E-state index < -0.39 is 0 Å². The van der Waals surface area contributed by atoms with Gasteiger partial charge in [-0.25, -0.2) is 0 Å². The van der Waals surface area contributed by atoms with Crippen molar-refractivity contribution in [1.82, 2.24) is 0 Å². The number of ether oxygens (including phenoxy) is 1. The van der Waals surface area contributed by atoms with Crippen LogP contribution in [0.25, 0.3) is 0 Å². The molecule has 0 radical (unpaired) electrons. The van der Waals surface area contributed by atoms with Crippen molar-refractivity contribution in [2.45, 2.75) is 18.9 Å². The maximum absolute atomic E-state index is 11.6. The van der Waals surface area contributed by atoms with E-state index in [9.17, 15) is 4.79 Å². The third-order valence-electron chi connectivity index (χ3n) is 2.33. The lowest BCUT2D eigenvalue weighted by molar-refractivity contribution is -0.124. The maximum atomic E-state index is 11.6. The number of hydrogen-bond donors (Lipinski definition) is 1. The van der Waals surface area contributed by atoms with Crippen LogP contribution in [0.3, 0.4) is 0 Å². The van der Waals surface area contributed by atoms with Gasteiger partial charge in [0.15, 0.2) is 0 Å². The molecule has 1 heterocycles. The summed E-state index contributed by atoms with van der Waals surface area (Å²) in [5.74, 6) is -0.0742. The second-order valence-corrected chi connectivity index (χ2v) is 3.93. The highest BCUT2D eigenvalue weighted by Crippen LogP contribution is 2.17. The Bertz CT molecular complexity index is 344. The Kier molecular flexibility index (Phi) is 3.23. The molecule has 80 valence electrons. The number of hydrogen-bond acceptors (Lipinski definition) is 2. The van der Waals surface area contributed by atoms with Crippen molar-refractivity contribution in [3.05, 3.63) is 29.3 Å². The van der Waals surface area contributed by atoms with Crippen LogP contribution < -0.4 is 5.32 Å². The lowest BCUT2D eigenvalue weighted by Crippen LogP contribution is -2.26. The SMILES string of the molecule is O=C(Nc1ccc(Cl)cc1)[C@@H]1CCCO1. The van der Waals surface area contributed by atoms with Crippen molar-refractivity contribution in [2.24, 2.45) is 0 Å². The van der Waals surface area contributed by atoms with Crippen LogP contribution in [0.4, 0.5) is 5.69 Å². The van der Waals surface area contributed by atoms with E-state index in [0.717, 1.165) is 18.5 Å². The molecule has 1 atom stereocenters. The molecule has 1 aliphatic heterocycles. The van der Waals surface area contributed by atoms with Gasteiger partial charge >= 0.3 is 0 Å². The molecule has 4 heteroatoms. The summed E-state index contributed by atoms with van der Waals surface area (Å²) < 4.78 is 5.27. The van der Waals surface area contributed by atoms with Crippen LogP contribution in [0.15, 0.2) is 24.3 Å². The van der Waals surface area contributed by atoms with Gasteiger partial charge in [-0.15, -0.1) is 0 Å². The normalized spacial score (nSPS) is 20.2. The van der Waals surface area contributed by atoms with E-state index in [-0.39, 0.29) is 12.0 Å². The molecule has 1 aromatic rings. The van der Waals surface area contributed by atoms with E-state index in [1.54, 1.807) is 24.3 Å². The van der Waals surface area contributed by atoms with Crippen molar-refractivity contribution in [1.29, 1.82) is 0 Å². The summed E-state index contributed by atoms with van der Waals surface area (Å²) in [6, 6.07) is 7.03. The first-order chi connectivity index (χ1) is 7.25. The Balaban J connectivity index is 1.96. The highest BCUT2D eigenvalue weighted by atomic mass is 35.5. The third kappa shape index (κ3) is 2.70. The number of nitrogens with one attached hydrogen (secondary N) is 1. The molecule has 1 N–H and O–H groups in total. The molecule has 15 heavy (non-hydrogen) atoms. The minimum absolute atomic E-state index is 0.0742. The van der Waals surface area contributed by atoms with Gasteiger partial charge in [0.1, 0.15) is 6.10 Å². The first-order valence-corrected chi connectivity index (χ1v) is 5.31. The van der Waals surface area contributed by atoms with E-state index in [4.69, 9.17) is 16.3 Å². The van der Waals surface area contributed by atoms with Gasteiger partial charge in [0, 0.05) is 17.3 Å². The van der Waals surface area contributed by atoms with Crippen LogP contribution >= 0.6 is 11.6 Å². The molecule has 0 unspecified atom stereocenters. The van der Waals surface area contributed by atoms with Gasteiger partial charge in [-0.05, 0) is 37.1 Å². The van der Waals surface area contributed by atoms with Crippen molar-refractivity contribution in [3.63, 3.8) is 0 Å². The molecule has 0 saturated carbocycles. The van der Waals surface area contributed by atoms with Gasteiger partial charge in [-0.1, -0.05) is 11.6 Å². The summed E-state index contributed by atoms with van der Waals surface area (Å²) in [6.07, 6.45) is 1.47. The lowest BCUT2D eigenvalue weighted by Gasteiger charge is -2.10. The van der Waals surface area contributed by atoms with Crippen LogP contribution in [-0.2, 0) is 9.53 Å². The molecule has 2 rings (SSSR count). The summed E-state index contributed by atoms with van der Waals surface area (Å²) >= 11 is 5.74. The molecule has 0 spiro atoms. The minimum Gasteiger partial charge on any atom is -0.368 e. The zero-order valence-electron chi connectivity index (χ0n) is 8.20. The maximum Gasteiger partial charge on any atom is 0.253 e. The van der Waals surface area contributed by atoms with Crippen LogP contribution in [0.5, 0.6) is 0 Å². The summed E-state index contributed by atoms with van der Waals surface area (Å²) in [6.45, 7) is 0.679. The highest BCUT2D eigenvalue weighted by molar-refractivity contribution is 6.30. The Morgan fingerprint density at radius 3 is 2.73 bits per heavy atom. The van der Waals surface area contributed by atoms with Gasteiger partial charge < -0.3 is 10.1 Å². The topological polar surface area (TPSA) is 38.3 Å². The minimum atomic E-state index is -0.291. The number of anilines is 1. The van der Waals surface area contributed by atoms with E-state index in [0.29, 0.717) is 11.6 Å². The quantitative estimate of drug-likeness (QED) is 0.840. The Hall–Kier alpha value is -1.06. The van der Waals surface area contributed by atoms with E-state index >= 15 is 0 Å². The zero-order chi connectivity index (χ0) is 10.7. The van der Waals surface area contributed by atoms with Crippen molar-refractivity contribution in [2.75, 3.05) is 11.9 Å². The second kappa shape index (κ2) is 4.64. The predicted molar refractivity (Wildman–Crippen MR) is 59.1 cm³/mol. The molecule has 0 aromatic heterocycles. The van der Waals surface area contributed by atoms with Gasteiger partial charge in [-0.3, -0.25) is 4.79 Å². The highest BCUT2D eigenvalue weighted by Gasteiger charge is 2.23. The summed E-state index contributed by atoms with van der Waals surface area (Å²) in [5, 5.41) is 3.45. The predicted octanol–water partition coefficient (Wildman–Crippen LogP) is 2.46. The molecule has 0 aliphatic carbocycles. The average Bonchev–Trinajstić information content (AvgIpc) is 2.74. The van der Waals surface area contributed by atoms with Crippen LogP contribution in [-0.4, -0.2) is 18.6 Å². The van der Waals surface area contributed by atoms with Crippen LogP contribution in [0, 0.1) is 0 Å². The van der Waals surface area contributed by atoms with Gasteiger partial charge in [0.2, 0.25) is 0 Å². The number of benzene rings is 1. The van der Waals surface area contributed by atoms with Crippen molar-refractivity contribution >= 4 is 23.2 Å². The van der Waals surface area contributed by atoms with Crippen molar-refractivity contribution in [3.8, 4) is 0 Å². The molecule has 1 amide bonds. The summed E-state index contributed by atoms with van der Waals surface area (Å²) in [4.78, 5) is 11.6. The second-order valence-electron chi connectivity index (χ2n) is 3.50. The summed E-state index contributed by atoms with van der Waals surface area (Å²) in [5.41, 5.74) is 0.750. The molecular formula is C11H12ClNO2. The Morgan fingerprint density at radius 1 is 1.40 bits per heavy atom. The fourth-order valence-corrected chi connectivity index (χ4v) is 1.67. The van der Waals surface area contributed by atoms with Gasteiger partial charge in [0.05, 0.1) is 0 Å².